The number of pyridine rings is 1. The Morgan fingerprint density at radius 1 is 1.30 bits per heavy atom. The van der Waals surface area contributed by atoms with Crippen LogP contribution in [-0.4, -0.2) is 45.6 Å². The predicted octanol–water partition coefficient (Wildman–Crippen LogP) is 4.75. The molecule has 2 aliphatic carbocycles. The molecule has 0 spiro atoms. The van der Waals surface area contributed by atoms with Crippen molar-refractivity contribution >= 4 is 6.29 Å². The summed E-state index contributed by atoms with van der Waals surface area (Å²) in [5.74, 6) is -0.587. The minimum absolute atomic E-state index is 0.0182. The van der Waals surface area contributed by atoms with Crippen molar-refractivity contribution in [2.45, 2.75) is 88.9 Å². The summed E-state index contributed by atoms with van der Waals surface area (Å²) in [7, 11) is 1.76. The third-order valence-corrected chi connectivity index (χ3v) is 8.01. The fourth-order valence-corrected chi connectivity index (χ4v) is 5.70. The first kappa shape index (κ1) is 27.3. The van der Waals surface area contributed by atoms with Crippen molar-refractivity contribution in [3.63, 3.8) is 0 Å². The standard InChI is InChI=1S/C29H36FN3O4/c1-3-29(36,21-7-5-4-6-8-21)22-11-20(18-34)27(26(30)12-22)28(37-25-13-24(35)14-25)33(2)17-23-10-9-19(15-31)16-32-23/h9-12,16,18,21,24-25,28,35-36H,3-8,13-14,17H2,1-2H3/t24-,25+,28-,29?/m1/s1. The Kier molecular flexibility index (Phi) is 8.71. The van der Waals surface area contributed by atoms with E-state index in [0.717, 1.165) is 32.1 Å². The topological polar surface area (TPSA) is 107 Å². The van der Waals surface area contributed by atoms with Gasteiger partial charge in [-0.1, -0.05) is 26.2 Å². The van der Waals surface area contributed by atoms with Gasteiger partial charge >= 0.3 is 0 Å². The monoisotopic (exact) mass is 509 g/mol. The lowest BCUT2D eigenvalue weighted by molar-refractivity contribution is -0.154. The van der Waals surface area contributed by atoms with Gasteiger partial charge in [-0.25, -0.2) is 4.39 Å². The molecule has 2 saturated carbocycles. The Bertz CT molecular complexity index is 1120. The van der Waals surface area contributed by atoms with Gasteiger partial charge in [-0.3, -0.25) is 14.7 Å². The fourth-order valence-electron chi connectivity index (χ4n) is 5.70. The highest BCUT2D eigenvalue weighted by molar-refractivity contribution is 5.78. The lowest BCUT2D eigenvalue weighted by atomic mass is 9.71. The normalized spacial score (nSPS) is 22.6. The number of aliphatic hydroxyl groups is 2. The van der Waals surface area contributed by atoms with Crippen LogP contribution in [0, 0.1) is 23.1 Å². The summed E-state index contributed by atoms with van der Waals surface area (Å²) in [4.78, 5) is 18.4. The number of rotatable bonds is 10. The van der Waals surface area contributed by atoms with Gasteiger partial charge < -0.3 is 14.9 Å². The van der Waals surface area contributed by atoms with E-state index in [9.17, 15) is 15.0 Å². The molecule has 2 aliphatic rings. The Morgan fingerprint density at radius 3 is 2.59 bits per heavy atom. The molecule has 1 aromatic carbocycles. The first-order valence-corrected chi connectivity index (χ1v) is 13.2. The second-order valence-corrected chi connectivity index (χ2v) is 10.5. The molecule has 2 N–H and O–H groups in total. The molecule has 0 saturated heterocycles. The van der Waals surface area contributed by atoms with E-state index in [1.165, 1.54) is 12.3 Å². The van der Waals surface area contributed by atoms with Crippen molar-refractivity contribution in [1.29, 1.82) is 5.26 Å². The number of nitriles is 1. The van der Waals surface area contributed by atoms with Crippen molar-refractivity contribution in [2.24, 2.45) is 5.92 Å². The van der Waals surface area contributed by atoms with Gasteiger partial charge in [0.2, 0.25) is 0 Å². The van der Waals surface area contributed by atoms with Crippen molar-refractivity contribution in [1.82, 2.24) is 9.88 Å². The van der Waals surface area contributed by atoms with Crippen LogP contribution in [0.4, 0.5) is 4.39 Å². The second-order valence-electron chi connectivity index (χ2n) is 10.5. The smallest absolute Gasteiger partial charge is 0.150 e. The maximum absolute atomic E-state index is 16.0. The molecule has 7 nitrogen and oxygen atoms in total. The van der Waals surface area contributed by atoms with Gasteiger partial charge in [-0.2, -0.15) is 5.26 Å². The van der Waals surface area contributed by atoms with Crippen LogP contribution in [0.25, 0.3) is 0 Å². The molecule has 0 bridgehead atoms. The highest BCUT2D eigenvalue weighted by Gasteiger charge is 2.40. The predicted molar refractivity (Wildman–Crippen MR) is 136 cm³/mol. The number of hydrogen-bond donors (Lipinski definition) is 2. The number of carbonyl (C=O) groups excluding carboxylic acids is 1. The molecule has 198 valence electrons. The Hall–Kier alpha value is -2.70. The van der Waals surface area contributed by atoms with E-state index in [0.29, 0.717) is 42.4 Å². The summed E-state index contributed by atoms with van der Waals surface area (Å²) in [5.41, 5.74) is 0.574. The number of aldehydes is 1. The maximum Gasteiger partial charge on any atom is 0.150 e. The number of ether oxygens (including phenoxy) is 1. The zero-order valence-corrected chi connectivity index (χ0v) is 21.6. The van der Waals surface area contributed by atoms with Crippen LogP contribution in [0.2, 0.25) is 0 Å². The van der Waals surface area contributed by atoms with Crippen molar-refractivity contribution < 1.29 is 24.1 Å². The van der Waals surface area contributed by atoms with Crippen LogP contribution in [-0.2, 0) is 16.9 Å². The van der Waals surface area contributed by atoms with Crippen LogP contribution in [0.15, 0.2) is 30.5 Å². The highest BCUT2D eigenvalue weighted by Crippen LogP contribution is 2.43. The number of nitrogens with zero attached hydrogens (tertiary/aromatic N) is 3. The summed E-state index contributed by atoms with van der Waals surface area (Å²) in [6.07, 6.45) is 6.72. The fraction of sp³-hybridized carbons (Fsp3) is 0.552. The molecule has 37 heavy (non-hydrogen) atoms. The molecule has 2 atom stereocenters. The third kappa shape index (κ3) is 5.91. The van der Waals surface area contributed by atoms with E-state index in [1.54, 1.807) is 30.1 Å². The number of benzene rings is 1. The molecule has 0 amide bonds. The van der Waals surface area contributed by atoms with Gasteiger partial charge in [0, 0.05) is 23.9 Å². The van der Waals surface area contributed by atoms with Gasteiger partial charge in [0.05, 0.1) is 29.1 Å². The van der Waals surface area contributed by atoms with Crippen molar-refractivity contribution in [3.05, 3.63) is 64.2 Å². The molecule has 1 heterocycles. The number of carbonyl (C=O) groups is 1. The van der Waals surface area contributed by atoms with Gasteiger partial charge in [-0.05, 0) is 74.9 Å². The van der Waals surface area contributed by atoms with Gasteiger partial charge in [0.25, 0.3) is 0 Å². The molecule has 1 aromatic heterocycles. The molecular formula is C29H36FN3O4. The molecule has 0 radical (unpaired) electrons. The molecular weight excluding hydrogens is 473 g/mol. The van der Waals surface area contributed by atoms with E-state index in [2.05, 4.69) is 4.98 Å². The van der Waals surface area contributed by atoms with Gasteiger partial charge in [0.1, 0.15) is 18.1 Å². The highest BCUT2D eigenvalue weighted by atomic mass is 19.1. The second kappa shape index (κ2) is 11.8. The zero-order valence-electron chi connectivity index (χ0n) is 21.6. The van der Waals surface area contributed by atoms with E-state index < -0.39 is 23.8 Å². The minimum Gasteiger partial charge on any atom is -0.393 e. The zero-order chi connectivity index (χ0) is 26.6. The van der Waals surface area contributed by atoms with Crippen LogP contribution >= 0.6 is 0 Å². The number of aromatic nitrogens is 1. The first-order valence-electron chi connectivity index (χ1n) is 13.2. The number of hydrogen-bond acceptors (Lipinski definition) is 7. The number of aliphatic hydroxyl groups excluding tert-OH is 1. The summed E-state index contributed by atoms with van der Waals surface area (Å²) in [5, 5.41) is 30.5. The molecule has 8 heteroatoms. The molecule has 1 unspecified atom stereocenters. The van der Waals surface area contributed by atoms with E-state index >= 15 is 4.39 Å². The summed E-state index contributed by atoms with van der Waals surface area (Å²) < 4.78 is 22.2. The SMILES string of the molecule is CCC(O)(c1cc(F)c([C@@H](O[C@H]2C[C@@H](O)C2)N(C)Cc2ccc(C#N)cn2)c(C=O)c1)C1CCCCC1. The molecule has 2 aromatic rings. The average molecular weight is 510 g/mol. The summed E-state index contributed by atoms with van der Waals surface area (Å²) >= 11 is 0. The van der Waals surface area contributed by atoms with Crippen molar-refractivity contribution in [3.8, 4) is 6.07 Å². The summed E-state index contributed by atoms with van der Waals surface area (Å²) in [6, 6.07) is 8.40. The van der Waals surface area contributed by atoms with E-state index in [4.69, 9.17) is 10.00 Å². The lowest BCUT2D eigenvalue weighted by Gasteiger charge is -2.40. The van der Waals surface area contributed by atoms with Crippen molar-refractivity contribution in [2.75, 3.05) is 7.05 Å². The Labute approximate surface area is 217 Å². The molecule has 4 rings (SSSR count). The largest absolute Gasteiger partial charge is 0.393 e. The summed E-state index contributed by atoms with van der Waals surface area (Å²) in [6.45, 7) is 2.18. The Balaban J connectivity index is 1.69. The molecule has 0 aliphatic heterocycles. The lowest BCUT2D eigenvalue weighted by Crippen LogP contribution is -2.40. The van der Waals surface area contributed by atoms with E-state index in [-0.39, 0.29) is 29.7 Å². The quantitative estimate of drug-likeness (QED) is 0.351. The van der Waals surface area contributed by atoms with Crippen LogP contribution in [0.5, 0.6) is 0 Å². The van der Waals surface area contributed by atoms with Crippen LogP contribution in [0.3, 0.4) is 0 Å². The minimum atomic E-state index is -1.20. The van der Waals surface area contributed by atoms with Gasteiger partial charge in [0.15, 0.2) is 6.29 Å². The third-order valence-electron chi connectivity index (χ3n) is 8.01. The average Bonchev–Trinajstić information content (AvgIpc) is 2.90. The first-order chi connectivity index (χ1) is 17.8. The maximum atomic E-state index is 16.0. The van der Waals surface area contributed by atoms with E-state index in [1.807, 2.05) is 13.0 Å². The Morgan fingerprint density at radius 2 is 2.03 bits per heavy atom. The number of halogens is 1. The van der Waals surface area contributed by atoms with Crippen LogP contribution in [0.1, 0.15) is 97.3 Å². The molecule has 2 fully saturated rings. The van der Waals surface area contributed by atoms with Crippen LogP contribution < -0.4 is 0 Å². The van der Waals surface area contributed by atoms with Gasteiger partial charge in [-0.15, -0.1) is 0 Å².